The first-order valence-corrected chi connectivity index (χ1v) is 4.11. The zero-order valence-corrected chi connectivity index (χ0v) is 8.46. The van der Waals surface area contributed by atoms with Crippen LogP contribution in [0.3, 0.4) is 0 Å². The van der Waals surface area contributed by atoms with E-state index in [2.05, 4.69) is 0 Å². The first-order valence-electron chi connectivity index (χ1n) is 4.11. The lowest BCUT2D eigenvalue weighted by Gasteiger charge is -2.22. The van der Waals surface area contributed by atoms with Crippen molar-refractivity contribution in [2.45, 2.75) is 13.0 Å². The van der Waals surface area contributed by atoms with Gasteiger partial charge in [-0.3, -0.25) is 0 Å². The fourth-order valence-electron chi connectivity index (χ4n) is 1.30. The molecule has 0 amide bonds. The predicted octanol–water partition coefficient (Wildman–Crippen LogP) is 1.67. The maximum atomic E-state index is 5.19. The van der Waals surface area contributed by atoms with E-state index in [-0.39, 0.29) is 6.10 Å². The van der Waals surface area contributed by atoms with Crippen molar-refractivity contribution in [3.05, 3.63) is 29.6 Å². The minimum absolute atomic E-state index is 0.0615. The molecule has 0 saturated carbocycles. The molecule has 1 aliphatic rings. The summed E-state index contributed by atoms with van der Waals surface area (Å²) in [7, 11) is 4.93. The molecular formula is C10H15O3. The number of methoxy groups -OCH3 is 3. The molecule has 1 atom stereocenters. The quantitative estimate of drug-likeness (QED) is 0.666. The zero-order valence-electron chi connectivity index (χ0n) is 8.46. The first kappa shape index (κ1) is 10.1. The third kappa shape index (κ3) is 2.04. The van der Waals surface area contributed by atoms with Crippen molar-refractivity contribution in [3.8, 4) is 0 Å². The average molecular weight is 183 g/mol. The Morgan fingerprint density at radius 2 is 1.85 bits per heavy atom. The number of allylic oxidation sites excluding steroid dienone is 1. The zero-order chi connectivity index (χ0) is 9.84. The molecule has 0 heterocycles. The second-order valence-corrected chi connectivity index (χ2v) is 2.80. The summed E-state index contributed by atoms with van der Waals surface area (Å²) >= 11 is 0. The maximum Gasteiger partial charge on any atom is 0.123 e. The molecule has 73 valence electrons. The molecule has 0 N–H and O–H groups in total. The van der Waals surface area contributed by atoms with Crippen molar-refractivity contribution < 1.29 is 14.2 Å². The number of ether oxygens (including phenoxy) is 3. The Hall–Kier alpha value is -0.960. The summed E-state index contributed by atoms with van der Waals surface area (Å²) in [5.41, 5.74) is 0.998. The summed E-state index contributed by atoms with van der Waals surface area (Å²) in [4.78, 5) is 0. The Kier molecular flexibility index (Phi) is 3.37. The van der Waals surface area contributed by atoms with E-state index in [4.69, 9.17) is 14.2 Å². The van der Waals surface area contributed by atoms with Crippen molar-refractivity contribution in [2.75, 3.05) is 21.3 Å². The molecule has 0 bridgehead atoms. The highest BCUT2D eigenvalue weighted by Gasteiger charge is 2.20. The van der Waals surface area contributed by atoms with Gasteiger partial charge in [0.15, 0.2) is 0 Å². The van der Waals surface area contributed by atoms with E-state index in [0.717, 1.165) is 17.1 Å². The molecule has 0 aromatic rings. The van der Waals surface area contributed by atoms with Crippen LogP contribution in [0.4, 0.5) is 0 Å². The van der Waals surface area contributed by atoms with E-state index in [9.17, 15) is 0 Å². The van der Waals surface area contributed by atoms with Crippen LogP contribution in [0.5, 0.6) is 0 Å². The first-order chi connectivity index (χ1) is 6.22. The highest BCUT2D eigenvalue weighted by molar-refractivity contribution is 5.38. The van der Waals surface area contributed by atoms with Gasteiger partial charge >= 0.3 is 0 Å². The molecule has 0 aliphatic heterocycles. The topological polar surface area (TPSA) is 27.7 Å². The van der Waals surface area contributed by atoms with Gasteiger partial charge in [-0.15, -0.1) is 0 Å². The SMILES string of the molecule is COC1=CC(OC)[CH]C(OC)=C1C. The molecule has 13 heavy (non-hydrogen) atoms. The van der Waals surface area contributed by atoms with Crippen molar-refractivity contribution in [1.29, 1.82) is 0 Å². The fourth-order valence-corrected chi connectivity index (χ4v) is 1.30. The lowest BCUT2D eigenvalue weighted by atomic mass is 10.0. The van der Waals surface area contributed by atoms with Gasteiger partial charge in [0, 0.05) is 12.7 Å². The number of hydrogen-bond donors (Lipinski definition) is 0. The van der Waals surface area contributed by atoms with Gasteiger partial charge in [-0.25, -0.2) is 0 Å². The van der Waals surface area contributed by atoms with E-state index in [0.29, 0.717) is 0 Å². The van der Waals surface area contributed by atoms with Crippen LogP contribution in [-0.4, -0.2) is 27.4 Å². The predicted molar refractivity (Wildman–Crippen MR) is 49.9 cm³/mol. The molecule has 0 aromatic heterocycles. The lowest BCUT2D eigenvalue weighted by molar-refractivity contribution is 0.145. The summed E-state index contributed by atoms with van der Waals surface area (Å²) in [6.45, 7) is 1.95. The Morgan fingerprint density at radius 1 is 1.15 bits per heavy atom. The van der Waals surface area contributed by atoms with E-state index < -0.39 is 0 Å². The fraction of sp³-hybridized carbons (Fsp3) is 0.500. The Bertz CT molecular complexity index is 241. The van der Waals surface area contributed by atoms with Crippen LogP contribution in [0.15, 0.2) is 23.2 Å². The Labute approximate surface area is 79.0 Å². The van der Waals surface area contributed by atoms with Crippen LogP contribution in [0, 0.1) is 6.42 Å². The molecule has 1 unspecified atom stereocenters. The van der Waals surface area contributed by atoms with Gasteiger partial charge in [0.25, 0.3) is 0 Å². The van der Waals surface area contributed by atoms with Gasteiger partial charge in [0.05, 0.1) is 26.7 Å². The minimum atomic E-state index is -0.0615. The second-order valence-electron chi connectivity index (χ2n) is 2.80. The van der Waals surface area contributed by atoms with Crippen LogP contribution in [0.25, 0.3) is 0 Å². The Balaban J connectivity index is 2.89. The molecular weight excluding hydrogens is 168 g/mol. The maximum absolute atomic E-state index is 5.19. The molecule has 0 saturated heterocycles. The van der Waals surface area contributed by atoms with E-state index >= 15 is 0 Å². The number of hydrogen-bond acceptors (Lipinski definition) is 3. The van der Waals surface area contributed by atoms with Gasteiger partial charge in [0.1, 0.15) is 11.5 Å². The van der Waals surface area contributed by atoms with Gasteiger partial charge in [0.2, 0.25) is 0 Å². The molecule has 1 rings (SSSR count). The monoisotopic (exact) mass is 183 g/mol. The molecule has 1 radical (unpaired) electrons. The van der Waals surface area contributed by atoms with Crippen molar-refractivity contribution >= 4 is 0 Å². The third-order valence-corrected chi connectivity index (χ3v) is 2.08. The second kappa shape index (κ2) is 4.33. The molecule has 0 spiro atoms. The van der Waals surface area contributed by atoms with Crippen LogP contribution >= 0.6 is 0 Å². The average Bonchev–Trinajstić information content (AvgIpc) is 2.18. The van der Waals surface area contributed by atoms with E-state index in [1.807, 2.05) is 19.4 Å². The van der Waals surface area contributed by atoms with Crippen molar-refractivity contribution in [3.63, 3.8) is 0 Å². The number of rotatable bonds is 3. The largest absolute Gasteiger partial charge is 0.500 e. The summed E-state index contributed by atoms with van der Waals surface area (Å²) in [5.74, 6) is 1.62. The molecule has 0 fully saturated rings. The van der Waals surface area contributed by atoms with E-state index in [1.165, 1.54) is 0 Å². The Morgan fingerprint density at radius 3 is 2.31 bits per heavy atom. The standard InChI is InChI=1S/C10H15O3/c1-7-9(12-3)5-8(11-2)6-10(7)13-4/h5-6,8H,1-4H3. The summed E-state index contributed by atoms with van der Waals surface area (Å²) in [5, 5.41) is 0. The minimum Gasteiger partial charge on any atom is -0.500 e. The lowest BCUT2D eigenvalue weighted by Crippen LogP contribution is -2.17. The van der Waals surface area contributed by atoms with Crippen LogP contribution < -0.4 is 0 Å². The van der Waals surface area contributed by atoms with Crippen LogP contribution in [-0.2, 0) is 14.2 Å². The van der Waals surface area contributed by atoms with Crippen LogP contribution in [0.2, 0.25) is 0 Å². The van der Waals surface area contributed by atoms with Crippen LogP contribution in [0.1, 0.15) is 6.92 Å². The highest BCUT2D eigenvalue weighted by atomic mass is 16.5. The summed E-state index contributed by atoms with van der Waals surface area (Å²) in [6.07, 6.45) is 3.77. The third-order valence-electron chi connectivity index (χ3n) is 2.08. The smallest absolute Gasteiger partial charge is 0.123 e. The molecule has 3 nitrogen and oxygen atoms in total. The van der Waals surface area contributed by atoms with Crippen molar-refractivity contribution in [1.82, 2.24) is 0 Å². The van der Waals surface area contributed by atoms with Gasteiger partial charge in [-0.1, -0.05) is 0 Å². The van der Waals surface area contributed by atoms with Crippen molar-refractivity contribution in [2.24, 2.45) is 0 Å². The normalized spacial score (nSPS) is 22.8. The molecule has 3 heteroatoms. The van der Waals surface area contributed by atoms with Gasteiger partial charge < -0.3 is 14.2 Å². The summed E-state index contributed by atoms with van der Waals surface area (Å²) < 4.78 is 15.6. The molecule has 0 aromatic carbocycles. The van der Waals surface area contributed by atoms with Gasteiger partial charge in [-0.05, 0) is 13.0 Å². The van der Waals surface area contributed by atoms with Gasteiger partial charge in [-0.2, -0.15) is 0 Å². The highest BCUT2D eigenvalue weighted by Crippen LogP contribution is 2.26. The molecule has 1 aliphatic carbocycles. The summed E-state index contributed by atoms with van der Waals surface area (Å²) in [6, 6.07) is 0. The van der Waals surface area contributed by atoms with E-state index in [1.54, 1.807) is 21.3 Å².